The van der Waals surface area contributed by atoms with Crippen molar-refractivity contribution in [3.8, 4) is 0 Å². The number of benzene rings is 1. The van der Waals surface area contributed by atoms with E-state index in [9.17, 15) is 14.4 Å². The second-order valence-electron chi connectivity index (χ2n) is 6.92. The molecule has 1 heterocycles. The average Bonchev–Trinajstić information content (AvgIpc) is 2.54. The second-order valence-corrected chi connectivity index (χ2v) is 6.92. The number of rotatable bonds is 2. The van der Waals surface area contributed by atoms with E-state index < -0.39 is 23.6 Å². The molecule has 0 saturated carbocycles. The molecule has 3 amide bonds. The van der Waals surface area contributed by atoms with Gasteiger partial charge in [-0.2, -0.15) is 0 Å². The highest BCUT2D eigenvalue weighted by Gasteiger charge is 2.44. The van der Waals surface area contributed by atoms with Crippen LogP contribution in [0.3, 0.4) is 0 Å². The van der Waals surface area contributed by atoms with Crippen LogP contribution in [0.1, 0.15) is 40.2 Å². The summed E-state index contributed by atoms with van der Waals surface area (Å²) in [4.78, 5) is 40.3. The Morgan fingerprint density at radius 1 is 1.20 bits per heavy atom. The van der Waals surface area contributed by atoms with Crippen LogP contribution < -0.4 is 0 Å². The van der Waals surface area contributed by atoms with Crippen molar-refractivity contribution in [2.45, 2.75) is 52.8 Å². The lowest BCUT2D eigenvalue weighted by Gasteiger charge is -2.39. The predicted molar refractivity (Wildman–Crippen MR) is 93.3 cm³/mol. The van der Waals surface area contributed by atoms with Gasteiger partial charge in [-0.25, -0.2) is 9.69 Å². The van der Waals surface area contributed by atoms with E-state index in [1.165, 1.54) is 11.0 Å². The Bertz CT molecular complexity index is 704. The Balaban J connectivity index is 2.30. The monoisotopic (exact) mass is 344 g/mol. The van der Waals surface area contributed by atoms with Crippen molar-refractivity contribution in [1.29, 1.82) is 0 Å². The standard InChI is InChI=1S/C19H24N2O4/c1-6-15-17(23)20(12-14-10-8-7-9-11-14)13(2)16(22)21(15)18(24)25-19(3,4)5/h6-11,13H,12H2,1-5H3/b15-6+/t13-/m1/s1. The average molecular weight is 344 g/mol. The van der Waals surface area contributed by atoms with Crippen molar-refractivity contribution in [3.63, 3.8) is 0 Å². The normalized spacial score (nSPS) is 20.2. The van der Waals surface area contributed by atoms with E-state index in [0.717, 1.165) is 10.5 Å². The number of ether oxygens (including phenoxy) is 1. The Labute approximate surface area is 148 Å². The smallest absolute Gasteiger partial charge is 0.421 e. The molecule has 0 spiro atoms. The van der Waals surface area contributed by atoms with Gasteiger partial charge < -0.3 is 9.64 Å². The zero-order valence-corrected chi connectivity index (χ0v) is 15.3. The van der Waals surface area contributed by atoms with Crippen LogP contribution in [-0.4, -0.2) is 39.4 Å². The zero-order valence-electron chi connectivity index (χ0n) is 15.3. The van der Waals surface area contributed by atoms with E-state index in [4.69, 9.17) is 4.74 Å². The van der Waals surface area contributed by atoms with Crippen molar-refractivity contribution in [1.82, 2.24) is 9.80 Å². The fourth-order valence-electron chi connectivity index (χ4n) is 2.59. The van der Waals surface area contributed by atoms with Crippen LogP contribution in [0.4, 0.5) is 4.79 Å². The van der Waals surface area contributed by atoms with Gasteiger partial charge >= 0.3 is 6.09 Å². The first-order chi connectivity index (χ1) is 11.7. The molecule has 0 N–H and O–H groups in total. The molecule has 0 unspecified atom stereocenters. The van der Waals surface area contributed by atoms with Crippen LogP contribution in [0.5, 0.6) is 0 Å². The molecular formula is C19H24N2O4. The summed E-state index contributed by atoms with van der Waals surface area (Å²) in [6.07, 6.45) is 0.638. The molecule has 1 aromatic rings. The van der Waals surface area contributed by atoms with Gasteiger partial charge in [0.2, 0.25) is 0 Å². The first-order valence-corrected chi connectivity index (χ1v) is 8.24. The molecule has 134 valence electrons. The van der Waals surface area contributed by atoms with Crippen molar-refractivity contribution in [2.75, 3.05) is 0 Å². The molecule has 0 aliphatic carbocycles. The molecule has 1 aliphatic rings. The van der Waals surface area contributed by atoms with Crippen molar-refractivity contribution >= 4 is 17.9 Å². The topological polar surface area (TPSA) is 66.9 Å². The van der Waals surface area contributed by atoms with Crippen LogP contribution in [0, 0.1) is 0 Å². The summed E-state index contributed by atoms with van der Waals surface area (Å²) in [6, 6.07) is 8.65. The van der Waals surface area contributed by atoms with E-state index in [2.05, 4.69) is 0 Å². The lowest BCUT2D eigenvalue weighted by atomic mass is 10.1. The number of hydrogen-bond donors (Lipinski definition) is 0. The lowest BCUT2D eigenvalue weighted by molar-refractivity contribution is -0.150. The number of hydrogen-bond acceptors (Lipinski definition) is 4. The van der Waals surface area contributed by atoms with Gasteiger partial charge in [0.25, 0.3) is 11.8 Å². The van der Waals surface area contributed by atoms with E-state index in [0.29, 0.717) is 6.54 Å². The Kier molecular flexibility index (Phi) is 5.30. The van der Waals surface area contributed by atoms with Gasteiger partial charge in [-0.1, -0.05) is 36.4 Å². The molecule has 1 aromatic carbocycles. The minimum atomic E-state index is -0.829. The van der Waals surface area contributed by atoms with Gasteiger partial charge in [-0.15, -0.1) is 0 Å². The van der Waals surface area contributed by atoms with Crippen molar-refractivity contribution < 1.29 is 19.1 Å². The van der Waals surface area contributed by atoms with E-state index >= 15 is 0 Å². The van der Waals surface area contributed by atoms with Crippen LogP contribution in [0.25, 0.3) is 0 Å². The van der Waals surface area contributed by atoms with Crippen LogP contribution in [0.15, 0.2) is 42.1 Å². The van der Waals surface area contributed by atoms with Crippen LogP contribution in [-0.2, 0) is 20.9 Å². The zero-order chi connectivity index (χ0) is 18.8. The summed E-state index contributed by atoms with van der Waals surface area (Å²) in [5.41, 5.74) is 0.175. The van der Waals surface area contributed by atoms with E-state index in [1.807, 2.05) is 30.3 Å². The summed E-state index contributed by atoms with van der Waals surface area (Å²) in [7, 11) is 0. The molecule has 1 saturated heterocycles. The number of piperazine rings is 1. The number of carbonyl (C=O) groups is 3. The first-order valence-electron chi connectivity index (χ1n) is 8.24. The fourth-order valence-corrected chi connectivity index (χ4v) is 2.59. The number of allylic oxidation sites excluding steroid dienone is 1. The first kappa shape index (κ1) is 18.7. The SMILES string of the molecule is C/C=C1\C(=O)N(Cc2ccccc2)[C@H](C)C(=O)N1C(=O)OC(C)(C)C. The van der Waals surface area contributed by atoms with Gasteiger partial charge in [-0.3, -0.25) is 9.59 Å². The molecule has 0 aromatic heterocycles. The third-order valence-electron chi connectivity index (χ3n) is 3.81. The highest BCUT2D eigenvalue weighted by atomic mass is 16.6. The molecule has 2 rings (SSSR count). The second kappa shape index (κ2) is 7.09. The molecule has 25 heavy (non-hydrogen) atoms. The van der Waals surface area contributed by atoms with Gasteiger partial charge in [0.1, 0.15) is 17.3 Å². The Morgan fingerprint density at radius 2 is 1.80 bits per heavy atom. The summed E-state index contributed by atoms with van der Waals surface area (Å²) >= 11 is 0. The number of imide groups is 1. The highest BCUT2D eigenvalue weighted by molar-refractivity contribution is 6.11. The summed E-state index contributed by atoms with van der Waals surface area (Å²) in [5, 5.41) is 0. The molecule has 6 nitrogen and oxygen atoms in total. The number of amides is 3. The molecule has 1 aliphatic heterocycles. The Morgan fingerprint density at radius 3 is 2.32 bits per heavy atom. The van der Waals surface area contributed by atoms with Gasteiger partial charge in [-0.05, 0) is 40.2 Å². The minimum Gasteiger partial charge on any atom is -0.443 e. The number of nitrogens with zero attached hydrogens (tertiary/aromatic N) is 2. The fraction of sp³-hybridized carbons (Fsp3) is 0.421. The molecule has 6 heteroatoms. The summed E-state index contributed by atoms with van der Waals surface area (Å²) < 4.78 is 5.28. The highest BCUT2D eigenvalue weighted by Crippen LogP contribution is 2.25. The predicted octanol–water partition coefficient (Wildman–Crippen LogP) is 3.08. The van der Waals surface area contributed by atoms with Gasteiger partial charge in [0, 0.05) is 6.54 Å². The van der Waals surface area contributed by atoms with Crippen molar-refractivity contribution in [3.05, 3.63) is 47.7 Å². The molecule has 0 bridgehead atoms. The van der Waals surface area contributed by atoms with E-state index in [-0.39, 0.29) is 11.6 Å². The van der Waals surface area contributed by atoms with Gasteiger partial charge in [0.15, 0.2) is 0 Å². The maximum atomic E-state index is 12.9. The maximum Gasteiger partial charge on any atom is 0.421 e. The summed E-state index contributed by atoms with van der Waals surface area (Å²) in [6.45, 7) is 8.67. The minimum absolute atomic E-state index is 0.0216. The third-order valence-corrected chi connectivity index (χ3v) is 3.81. The maximum absolute atomic E-state index is 12.9. The number of carbonyl (C=O) groups excluding carboxylic acids is 3. The van der Waals surface area contributed by atoms with Gasteiger partial charge in [0.05, 0.1) is 0 Å². The van der Waals surface area contributed by atoms with Crippen LogP contribution in [0.2, 0.25) is 0 Å². The lowest BCUT2D eigenvalue weighted by Crippen LogP contribution is -2.59. The summed E-state index contributed by atoms with van der Waals surface area (Å²) in [5.74, 6) is -0.845. The van der Waals surface area contributed by atoms with Crippen molar-refractivity contribution in [2.24, 2.45) is 0 Å². The third kappa shape index (κ3) is 4.07. The van der Waals surface area contributed by atoms with Crippen LogP contribution >= 0.6 is 0 Å². The Hall–Kier alpha value is -2.63. The quantitative estimate of drug-likeness (QED) is 0.773. The largest absolute Gasteiger partial charge is 0.443 e. The van der Waals surface area contributed by atoms with E-state index in [1.54, 1.807) is 34.6 Å². The molecular weight excluding hydrogens is 320 g/mol. The molecule has 1 atom stereocenters. The molecule has 0 radical (unpaired) electrons. The molecule has 1 fully saturated rings.